The number of halogens is 1. The van der Waals surface area contributed by atoms with E-state index in [2.05, 4.69) is 5.32 Å². The van der Waals surface area contributed by atoms with E-state index >= 15 is 0 Å². The number of carboxylic acids is 1. The minimum Gasteiger partial charge on any atom is -0.493 e. The fourth-order valence-electron chi connectivity index (χ4n) is 2.06. The molecule has 0 spiro atoms. The number of thioether (sulfide) groups is 1. The first-order valence-corrected chi connectivity index (χ1v) is 9.25. The Hall–Kier alpha value is -1.11. The van der Waals surface area contributed by atoms with E-state index in [0.29, 0.717) is 36.1 Å². The van der Waals surface area contributed by atoms with E-state index < -0.39 is 12.0 Å². The lowest BCUT2D eigenvalue weighted by atomic mass is 10.1. The number of hydrogen-bond donors (Lipinski definition) is 2. The van der Waals surface area contributed by atoms with Crippen molar-refractivity contribution >= 4 is 29.3 Å². The molecule has 2 N–H and O–H groups in total. The number of benzene rings is 1. The molecule has 5 nitrogen and oxygen atoms in total. The molecule has 1 aromatic rings. The van der Waals surface area contributed by atoms with E-state index in [1.807, 2.05) is 13.2 Å². The fraction of sp³-hybridized carbons (Fsp3) is 0.562. The highest BCUT2D eigenvalue weighted by atomic mass is 35.5. The summed E-state index contributed by atoms with van der Waals surface area (Å²) in [5.74, 6) is 1.09. The van der Waals surface area contributed by atoms with E-state index in [4.69, 9.17) is 21.1 Å². The average molecular weight is 362 g/mol. The summed E-state index contributed by atoms with van der Waals surface area (Å²) < 4.78 is 11.1. The number of aliphatic carboxylic acids is 1. The first kappa shape index (κ1) is 19.9. The number of rotatable bonds is 11. The second-order valence-electron chi connectivity index (χ2n) is 5.00. The van der Waals surface area contributed by atoms with Crippen molar-refractivity contribution in [2.45, 2.75) is 32.4 Å². The number of carboxylic acid groups (broad SMARTS) is 1. The largest absolute Gasteiger partial charge is 0.493 e. The van der Waals surface area contributed by atoms with Gasteiger partial charge in [0.25, 0.3) is 0 Å². The minimum atomic E-state index is -0.857. The SMILES string of the molecule is CCCOc1c(CNC(CCSC)C(=O)O)cc(Cl)cc1OC. The molecule has 1 rings (SSSR count). The summed E-state index contributed by atoms with van der Waals surface area (Å²) in [6.45, 7) is 2.92. The van der Waals surface area contributed by atoms with Gasteiger partial charge in [-0.25, -0.2) is 0 Å². The van der Waals surface area contributed by atoms with Gasteiger partial charge in [0, 0.05) is 23.2 Å². The van der Waals surface area contributed by atoms with E-state index in [1.54, 1.807) is 31.0 Å². The summed E-state index contributed by atoms with van der Waals surface area (Å²) in [5.41, 5.74) is 0.790. The number of nitrogens with one attached hydrogen (secondary N) is 1. The van der Waals surface area contributed by atoms with Gasteiger partial charge in [0.1, 0.15) is 6.04 Å². The molecule has 0 amide bonds. The first-order valence-electron chi connectivity index (χ1n) is 7.47. The Bertz CT molecular complexity index is 513. The maximum absolute atomic E-state index is 11.3. The molecule has 0 aliphatic heterocycles. The Balaban J connectivity index is 2.91. The van der Waals surface area contributed by atoms with E-state index in [-0.39, 0.29) is 0 Å². The smallest absolute Gasteiger partial charge is 0.320 e. The maximum atomic E-state index is 11.3. The van der Waals surface area contributed by atoms with Gasteiger partial charge in [0.2, 0.25) is 0 Å². The standard InChI is InChI=1S/C16H24ClNO4S/c1-4-6-22-15-11(8-12(17)9-14(15)21-2)10-18-13(16(19)20)5-7-23-3/h8-9,13,18H,4-7,10H2,1-3H3,(H,19,20). The summed E-state index contributed by atoms with van der Waals surface area (Å²) in [6, 6.07) is 2.86. The third-order valence-corrected chi connectivity index (χ3v) is 4.08. The van der Waals surface area contributed by atoms with Crippen molar-refractivity contribution in [1.29, 1.82) is 0 Å². The molecule has 0 aromatic heterocycles. The summed E-state index contributed by atoms with van der Waals surface area (Å²) >= 11 is 7.74. The zero-order valence-electron chi connectivity index (χ0n) is 13.7. The normalized spacial score (nSPS) is 12.0. The average Bonchev–Trinajstić information content (AvgIpc) is 2.52. The molecule has 1 unspecified atom stereocenters. The van der Waals surface area contributed by atoms with Crippen LogP contribution in [0.2, 0.25) is 5.02 Å². The van der Waals surface area contributed by atoms with E-state index in [0.717, 1.165) is 17.7 Å². The van der Waals surface area contributed by atoms with Gasteiger partial charge in [0.05, 0.1) is 13.7 Å². The molecule has 0 radical (unpaired) electrons. The van der Waals surface area contributed by atoms with Crippen LogP contribution in [0, 0.1) is 0 Å². The van der Waals surface area contributed by atoms with Gasteiger partial charge in [0.15, 0.2) is 11.5 Å². The number of methoxy groups -OCH3 is 1. The van der Waals surface area contributed by atoms with Crippen LogP contribution in [0.15, 0.2) is 12.1 Å². The molecule has 0 fully saturated rings. The molecule has 0 heterocycles. The van der Waals surface area contributed by atoms with Crippen LogP contribution in [0.5, 0.6) is 11.5 Å². The molecular formula is C16H24ClNO4S. The summed E-state index contributed by atoms with van der Waals surface area (Å²) in [4.78, 5) is 11.3. The lowest BCUT2D eigenvalue weighted by molar-refractivity contribution is -0.139. The Morgan fingerprint density at radius 3 is 2.78 bits per heavy atom. The molecule has 130 valence electrons. The van der Waals surface area contributed by atoms with E-state index in [9.17, 15) is 9.90 Å². The van der Waals surface area contributed by atoms with Gasteiger partial charge in [-0.05, 0) is 30.9 Å². The Morgan fingerprint density at radius 2 is 2.22 bits per heavy atom. The third-order valence-electron chi connectivity index (χ3n) is 3.21. The van der Waals surface area contributed by atoms with Crippen LogP contribution in [0.4, 0.5) is 0 Å². The summed E-state index contributed by atoms with van der Waals surface area (Å²) in [5, 5.41) is 12.9. The fourth-order valence-corrected chi connectivity index (χ4v) is 2.76. The monoisotopic (exact) mass is 361 g/mol. The van der Waals surface area contributed by atoms with Crippen molar-refractivity contribution in [2.24, 2.45) is 0 Å². The predicted molar refractivity (Wildman–Crippen MR) is 95.1 cm³/mol. The van der Waals surface area contributed by atoms with E-state index in [1.165, 1.54) is 0 Å². The van der Waals surface area contributed by atoms with Gasteiger partial charge in [-0.1, -0.05) is 18.5 Å². The zero-order valence-corrected chi connectivity index (χ0v) is 15.3. The quantitative estimate of drug-likeness (QED) is 0.629. The molecule has 1 atom stereocenters. The van der Waals surface area contributed by atoms with Crippen molar-refractivity contribution in [2.75, 3.05) is 25.7 Å². The second-order valence-corrected chi connectivity index (χ2v) is 6.42. The molecule has 0 bridgehead atoms. The molecule has 7 heteroatoms. The summed E-state index contributed by atoms with van der Waals surface area (Å²) in [7, 11) is 1.56. The van der Waals surface area contributed by atoms with Gasteiger partial charge >= 0.3 is 5.97 Å². The summed E-state index contributed by atoms with van der Waals surface area (Å²) in [6.07, 6.45) is 3.38. The predicted octanol–water partition coefficient (Wildman–Crippen LogP) is 3.43. The highest BCUT2D eigenvalue weighted by Gasteiger charge is 2.19. The number of carbonyl (C=O) groups is 1. The van der Waals surface area contributed by atoms with Crippen molar-refractivity contribution < 1.29 is 19.4 Å². The molecule has 1 aromatic carbocycles. The number of hydrogen-bond acceptors (Lipinski definition) is 5. The van der Waals surface area contributed by atoms with Crippen LogP contribution >= 0.6 is 23.4 Å². The van der Waals surface area contributed by atoms with Gasteiger partial charge in [-0.2, -0.15) is 11.8 Å². The van der Waals surface area contributed by atoms with Crippen molar-refractivity contribution in [3.63, 3.8) is 0 Å². The third kappa shape index (κ3) is 6.49. The van der Waals surface area contributed by atoms with Crippen LogP contribution in [-0.2, 0) is 11.3 Å². The topological polar surface area (TPSA) is 67.8 Å². The van der Waals surface area contributed by atoms with Crippen LogP contribution in [0.3, 0.4) is 0 Å². The number of ether oxygens (including phenoxy) is 2. The Kier molecular flexibility index (Phi) is 9.21. The molecule has 0 aliphatic rings. The van der Waals surface area contributed by atoms with Crippen LogP contribution in [0.1, 0.15) is 25.3 Å². The highest BCUT2D eigenvalue weighted by Crippen LogP contribution is 2.35. The van der Waals surface area contributed by atoms with Crippen molar-refractivity contribution in [3.05, 3.63) is 22.7 Å². The molecule has 0 saturated carbocycles. The minimum absolute atomic E-state index is 0.349. The van der Waals surface area contributed by atoms with Crippen LogP contribution in [-0.4, -0.2) is 42.8 Å². The van der Waals surface area contributed by atoms with Gasteiger partial charge in [-0.15, -0.1) is 0 Å². The van der Waals surface area contributed by atoms with Gasteiger partial charge in [-0.3, -0.25) is 4.79 Å². The molecule has 0 aliphatic carbocycles. The van der Waals surface area contributed by atoms with Crippen LogP contribution in [0.25, 0.3) is 0 Å². The molecular weight excluding hydrogens is 338 g/mol. The Labute approximate surface area is 146 Å². The lowest BCUT2D eigenvalue weighted by Crippen LogP contribution is -2.36. The molecule has 0 saturated heterocycles. The zero-order chi connectivity index (χ0) is 17.2. The maximum Gasteiger partial charge on any atom is 0.320 e. The lowest BCUT2D eigenvalue weighted by Gasteiger charge is -2.18. The van der Waals surface area contributed by atoms with Crippen molar-refractivity contribution in [3.8, 4) is 11.5 Å². The van der Waals surface area contributed by atoms with Gasteiger partial charge < -0.3 is 19.9 Å². The van der Waals surface area contributed by atoms with Crippen LogP contribution < -0.4 is 14.8 Å². The Morgan fingerprint density at radius 1 is 1.48 bits per heavy atom. The molecule has 23 heavy (non-hydrogen) atoms. The highest BCUT2D eigenvalue weighted by molar-refractivity contribution is 7.98. The first-order chi connectivity index (χ1) is 11.0. The van der Waals surface area contributed by atoms with Crippen molar-refractivity contribution in [1.82, 2.24) is 5.32 Å². The second kappa shape index (κ2) is 10.6.